The van der Waals surface area contributed by atoms with E-state index in [2.05, 4.69) is 10.6 Å². The van der Waals surface area contributed by atoms with Crippen LogP contribution in [0.15, 0.2) is 82.6 Å². The predicted octanol–water partition coefficient (Wildman–Crippen LogP) is 6.14. The third-order valence-electron chi connectivity index (χ3n) is 7.24. The first-order chi connectivity index (χ1) is 21.2. The Morgan fingerprint density at radius 2 is 1.66 bits per heavy atom. The largest absolute Gasteiger partial charge is 0.452 e. The van der Waals surface area contributed by atoms with E-state index in [0.717, 1.165) is 12.8 Å². The van der Waals surface area contributed by atoms with Crippen molar-refractivity contribution in [3.63, 3.8) is 0 Å². The fourth-order valence-corrected chi connectivity index (χ4v) is 7.51. The van der Waals surface area contributed by atoms with E-state index in [1.165, 1.54) is 53.5 Å². The Hall–Kier alpha value is -3.54. The number of carbonyl (C=O) groups is 3. The number of halogens is 1. The number of nitrogens with one attached hydrogen (secondary N) is 2. The lowest BCUT2D eigenvalue weighted by molar-refractivity contribution is -0.119. The van der Waals surface area contributed by atoms with E-state index in [4.69, 9.17) is 16.3 Å². The van der Waals surface area contributed by atoms with Gasteiger partial charge in [0.05, 0.1) is 32.6 Å². The van der Waals surface area contributed by atoms with Gasteiger partial charge in [-0.2, -0.15) is 0 Å². The molecular weight excluding hydrogens is 622 g/mol. The molecule has 0 aromatic heterocycles. The first kappa shape index (κ1) is 33.4. The van der Waals surface area contributed by atoms with Gasteiger partial charge in [-0.05, 0) is 68.1 Å². The number of rotatable bonds is 13. The first-order valence-corrected chi connectivity index (χ1v) is 17.3. The highest BCUT2D eigenvalue weighted by Crippen LogP contribution is 2.30. The fraction of sp³-hybridized carbons (Fsp3) is 0.344. The molecule has 2 amide bonds. The maximum Gasteiger partial charge on any atom is 0.339 e. The number of nitrogens with zero attached hydrogens (tertiary/aromatic N) is 1. The van der Waals surface area contributed by atoms with Crippen LogP contribution in [0.3, 0.4) is 0 Å². The number of hydrogen-bond acceptors (Lipinski definition) is 7. The van der Waals surface area contributed by atoms with Gasteiger partial charge < -0.3 is 15.4 Å². The second-order valence-corrected chi connectivity index (χ2v) is 13.7. The highest BCUT2D eigenvalue weighted by atomic mass is 35.5. The van der Waals surface area contributed by atoms with Gasteiger partial charge in [0.25, 0.3) is 15.9 Å². The number of ether oxygens (including phenoxy) is 1. The molecule has 3 aromatic carbocycles. The molecule has 1 aliphatic rings. The molecule has 44 heavy (non-hydrogen) atoms. The molecule has 234 valence electrons. The summed E-state index contributed by atoms with van der Waals surface area (Å²) < 4.78 is 33.3. The van der Waals surface area contributed by atoms with Crippen molar-refractivity contribution in [2.75, 3.05) is 35.1 Å². The van der Waals surface area contributed by atoms with Crippen LogP contribution in [-0.2, 0) is 24.3 Å². The van der Waals surface area contributed by atoms with Crippen LogP contribution in [0.5, 0.6) is 0 Å². The van der Waals surface area contributed by atoms with Crippen molar-refractivity contribution < 1.29 is 27.5 Å². The molecule has 9 nitrogen and oxygen atoms in total. The number of thioether (sulfide) groups is 1. The van der Waals surface area contributed by atoms with Crippen molar-refractivity contribution in [1.82, 2.24) is 5.32 Å². The van der Waals surface area contributed by atoms with Gasteiger partial charge in [-0.25, -0.2) is 13.2 Å². The van der Waals surface area contributed by atoms with E-state index in [9.17, 15) is 22.8 Å². The summed E-state index contributed by atoms with van der Waals surface area (Å²) in [6.45, 7) is 1.96. The number of hydrogen-bond donors (Lipinski definition) is 2. The lowest BCUT2D eigenvalue weighted by Gasteiger charge is -2.23. The van der Waals surface area contributed by atoms with Gasteiger partial charge in [0.2, 0.25) is 5.91 Å². The summed E-state index contributed by atoms with van der Waals surface area (Å²) in [5.41, 5.74) is 0.797. The molecule has 3 aromatic rings. The summed E-state index contributed by atoms with van der Waals surface area (Å²) in [4.78, 5) is 38.5. The minimum atomic E-state index is -3.96. The number of carbonyl (C=O) groups excluding carboxylic acids is 3. The lowest BCUT2D eigenvalue weighted by atomic mass is 9.89. The van der Waals surface area contributed by atoms with Crippen molar-refractivity contribution in [2.24, 2.45) is 5.92 Å². The molecule has 0 unspecified atom stereocenters. The molecule has 0 atom stereocenters. The van der Waals surface area contributed by atoms with E-state index in [1.807, 2.05) is 0 Å². The maximum atomic E-state index is 13.4. The zero-order valence-electron chi connectivity index (χ0n) is 24.5. The average molecular weight is 658 g/mol. The minimum absolute atomic E-state index is 0.0615. The van der Waals surface area contributed by atoms with E-state index >= 15 is 0 Å². The van der Waals surface area contributed by atoms with Gasteiger partial charge >= 0.3 is 5.97 Å². The topological polar surface area (TPSA) is 122 Å². The van der Waals surface area contributed by atoms with E-state index < -0.39 is 28.5 Å². The van der Waals surface area contributed by atoms with Crippen LogP contribution in [-0.4, -0.2) is 51.7 Å². The predicted molar refractivity (Wildman–Crippen MR) is 174 cm³/mol. The van der Waals surface area contributed by atoms with Gasteiger partial charge in [-0.15, -0.1) is 11.8 Å². The molecule has 1 aliphatic carbocycles. The molecule has 0 heterocycles. The van der Waals surface area contributed by atoms with Crippen LogP contribution >= 0.6 is 23.4 Å². The fourth-order valence-electron chi connectivity index (χ4n) is 4.97. The number of amides is 2. The second-order valence-electron chi connectivity index (χ2n) is 10.4. The van der Waals surface area contributed by atoms with Gasteiger partial charge in [0.15, 0.2) is 6.61 Å². The molecule has 1 saturated carbocycles. The Morgan fingerprint density at radius 3 is 2.39 bits per heavy atom. The average Bonchev–Trinajstić information content (AvgIpc) is 3.04. The Kier molecular flexibility index (Phi) is 12.1. The molecule has 1 fully saturated rings. The van der Waals surface area contributed by atoms with E-state index in [1.54, 1.807) is 61.5 Å². The SMILES string of the molecule is CCN(c1ccccc1)S(=O)(=O)c1ccc(Cl)c(NC(=O)COC(=O)c2ccccc2SCC(=O)NCC2CCCCC2)c1. The Balaban J connectivity index is 1.34. The van der Waals surface area contributed by atoms with Crippen LogP contribution in [0.1, 0.15) is 49.4 Å². The zero-order chi connectivity index (χ0) is 31.5. The number of anilines is 2. The summed E-state index contributed by atoms with van der Waals surface area (Å²) in [5.74, 6) is -0.856. The molecule has 0 radical (unpaired) electrons. The van der Waals surface area contributed by atoms with E-state index in [0.29, 0.717) is 23.0 Å². The molecule has 4 rings (SSSR count). The van der Waals surface area contributed by atoms with Crippen LogP contribution < -0.4 is 14.9 Å². The Labute approximate surface area is 267 Å². The highest BCUT2D eigenvalue weighted by molar-refractivity contribution is 8.00. The monoisotopic (exact) mass is 657 g/mol. The Morgan fingerprint density at radius 1 is 0.955 bits per heavy atom. The van der Waals surface area contributed by atoms with Gasteiger partial charge in [-0.1, -0.05) is 61.2 Å². The van der Waals surface area contributed by atoms with Crippen molar-refractivity contribution >= 4 is 62.5 Å². The molecule has 12 heteroatoms. The molecule has 0 aliphatic heterocycles. The molecule has 0 bridgehead atoms. The van der Waals surface area contributed by atoms with Crippen molar-refractivity contribution in [1.29, 1.82) is 0 Å². The molecule has 0 saturated heterocycles. The first-order valence-electron chi connectivity index (χ1n) is 14.5. The van der Waals surface area contributed by atoms with Crippen LogP contribution in [0.2, 0.25) is 5.02 Å². The van der Waals surface area contributed by atoms with E-state index in [-0.39, 0.29) is 39.4 Å². The maximum absolute atomic E-state index is 13.4. The van der Waals surface area contributed by atoms with Gasteiger partial charge in [0.1, 0.15) is 0 Å². The summed E-state index contributed by atoms with van der Waals surface area (Å²) in [6, 6.07) is 19.4. The minimum Gasteiger partial charge on any atom is -0.452 e. The lowest BCUT2D eigenvalue weighted by Crippen LogP contribution is -2.31. The molecule has 0 spiro atoms. The van der Waals surface area contributed by atoms with Crippen LogP contribution in [0.25, 0.3) is 0 Å². The summed E-state index contributed by atoms with van der Waals surface area (Å²) >= 11 is 7.48. The van der Waals surface area contributed by atoms with Gasteiger partial charge in [-0.3, -0.25) is 13.9 Å². The normalized spacial score (nSPS) is 13.6. The molecular formula is C32H36ClN3O6S2. The van der Waals surface area contributed by atoms with Crippen LogP contribution in [0.4, 0.5) is 11.4 Å². The quantitative estimate of drug-likeness (QED) is 0.167. The van der Waals surface area contributed by atoms with Gasteiger partial charge in [0, 0.05) is 18.0 Å². The zero-order valence-corrected chi connectivity index (χ0v) is 26.8. The van der Waals surface area contributed by atoms with Crippen LogP contribution in [0, 0.1) is 5.92 Å². The standard InChI is InChI=1S/C32H36ClN3O6S2/c1-2-36(24-13-7-4-8-14-24)44(40,41)25-17-18-27(33)28(19-25)35-30(37)21-42-32(39)26-15-9-10-16-29(26)43-22-31(38)34-20-23-11-5-3-6-12-23/h4,7-10,13-19,23H,2-3,5-6,11-12,20-22H2,1H3,(H,34,38)(H,35,37). The van der Waals surface area contributed by atoms with Crippen molar-refractivity contribution in [3.05, 3.63) is 83.4 Å². The third-order valence-corrected chi connectivity index (χ3v) is 10.5. The second kappa shape index (κ2) is 16.0. The molecule has 2 N–H and O–H groups in total. The third kappa shape index (κ3) is 8.99. The smallest absolute Gasteiger partial charge is 0.339 e. The number of benzene rings is 3. The number of para-hydroxylation sites is 1. The highest BCUT2D eigenvalue weighted by Gasteiger charge is 2.25. The van der Waals surface area contributed by atoms with Crippen molar-refractivity contribution in [3.8, 4) is 0 Å². The number of sulfonamides is 1. The van der Waals surface area contributed by atoms with Crippen molar-refractivity contribution in [2.45, 2.75) is 48.8 Å². The summed E-state index contributed by atoms with van der Waals surface area (Å²) in [7, 11) is -3.96. The summed E-state index contributed by atoms with van der Waals surface area (Å²) in [5, 5.41) is 5.64. The Bertz CT molecular complexity index is 1560. The number of esters is 1. The summed E-state index contributed by atoms with van der Waals surface area (Å²) in [6.07, 6.45) is 5.94.